The van der Waals surface area contributed by atoms with Crippen molar-refractivity contribution >= 4 is 28.5 Å². The van der Waals surface area contributed by atoms with E-state index in [4.69, 9.17) is 5.73 Å². The molecule has 18 heavy (non-hydrogen) atoms. The lowest BCUT2D eigenvalue weighted by Crippen LogP contribution is -2.40. The predicted octanol–water partition coefficient (Wildman–Crippen LogP) is 2.37. The van der Waals surface area contributed by atoms with Crippen LogP contribution in [0.1, 0.15) is 12.5 Å². The molecule has 0 amide bonds. The molecule has 4 nitrogen and oxygen atoms in total. The van der Waals surface area contributed by atoms with Crippen LogP contribution in [0.2, 0.25) is 0 Å². The Morgan fingerprint density at radius 3 is 2.39 bits per heavy atom. The van der Waals surface area contributed by atoms with Gasteiger partial charge in [0.25, 0.3) is 0 Å². The van der Waals surface area contributed by atoms with Crippen LogP contribution in [0.25, 0.3) is 0 Å². The lowest BCUT2D eigenvalue weighted by Gasteiger charge is -2.29. The fourth-order valence-electron chi connectivity index (χ4n) is 1.67. The molecule has 0 aliphatic carbocycles. The van der Waals surface area contributed by atoms with Crippen LogP contribution in [0, 0.1) is 3.57 Å². The molecule has 0 bridgehead atoms. The predicted molar refractivity (Wildman–Crippen MR) is 81.2 cm³/mol. The average molecular weight is 354 g/mol. The summed E-state index contributed by atoms with van der Waals surface area (Å²) in [5.74, 6) is 0.590. The van der Waals surface area contributed by atoms with Crippen molar-refractivity contribution in [1.29, 1.82) is 0 Å². The highest BCUT2D eigenvalue weighted by atomic mass is 127. The van der Waals surface area contributed by atoms with Crippen molar-refractivity contribution < 1.29 is 0 Å². The Kier molecular flexibility index (Phi) is 4.13. The SMILES string of the molecule is CC(CN)(Nc1ncc(I)cn1)c1ccccc1. The first-order valence-corrected chi connectivity index (χ1v) is 6.73. The van der Waals surface area contributed by atoms with E-state index in [0.29, 0.717) is 12.5 Å². The second kappa shape index (κ2) is 5.62. The zero-order valence-corrected chi connectivity index (χ0v) is 12.3. The van der Waals surface area contributed by atoms with Crippen molar-refractivity contribution in [2.24, 2.45) is 5.73 Å². The molecule has 2 aromatic rings. The topological polar surface area (TPSA) is 63.8 Å². The summed E-state index contributed by atoms with van der Waals surface area (Å²) in [6.07, 6.45) is 3.55. The third-order valence-corrected chi connectivity index (χ3v) is 3.38. The van der Waals surface area contributed by atoms with E-state index in [-0.39, 0.29) is 5.54 Å². The smallest absolute Gasteiger partial charge is 0.223 e. The molecule has 0 spiro atoms. The Hall–Kier alpha value is -1.21. The molecule has 1 aromatic carbocycles. The van der Waals surface area contributed by atoms with Gasteiger partial charge in [-0.05, 0) is 35.1 Å². The summed E-state index contributed by atoms with van der Waals surface area (Å²) in [6.45, 7) is 2.51. The Morgan fingerprint density at radius 2 is 1.83 bits per heavy atom. The van der Waals surface area contributed by atoms with Gasteiger partial charge in [-0.25, -0.2) is 9.97 Å². The van der Waals surface area contributed by atoms with Crippen molar-refractivity contribution in [2.75, 3.05) is 11.9 Å². The van der Waals surface area contributed by atoms with E-state index >= 15 is 0 Å². The number of anilines is 1. The van der Waals surface area contributed by atoms with Crippen LogP contribution in [0.4, 0.5) is 5.95 Å². The molecule has 94 valence electrons. The zero-order valence-electron chi connectivity index (χ0n) is 10.1. The first-order chi connectivity index (χ1) is 8.64. The number of halogens is 1. The first kappa shape index (κ1) is 13.2. The van der Waals surface area contributed by atoms with E-state index in [1.807, 2.05) is 37.3 Å². The number of rotatable bonds is 4. The molecule has 1 aromatic heterocycles. The standard InChI is InChI=1S/C13H15IN4/c1-13(9-15,10-5-3-2-4-6-10)18-12-16-7-11(14)8-17-12/h2-8H,9,15H2,1H3,(H,16,17,18). The van der Waals surface area contributed by atoms with Crippen molar-refractivity contribution in [1.82, 2.24) is 9.97 Å². The molecule has 0 saturated heterocycles. The van der Waals surface area contributed by atoms with Crippen molar-refractivity contribution in [2.45, 2.75) is 12.5 Å². The van der Waals surface area contributed by atoms with E-state index < -0.39 is 0 Å². The number of benzene rings is 1. The summed E-state index contributed by atoms with van der Waals surface area (Å²) in [7, 11) is 0. The third-order valence-electron chi connectivity index (χ3n) is 2.83. The Balaban J connectivity index is 2.26. The molecule has 2 rings (SSSR count). The highest BCUT2D eigenvalue weighted by molar-refractivity contribution is 14.1. The maximum absolute atomic E-state index is 5.90. The number of hydrogen-bond donors (Lipinski definition) is 2. The number of nitrogens with zero attached hydrogens (tertiary/aromatic N) is 2. The van der Waals surface area contributed by atoms with Crippen LogP contribution < -0.4 is 11.1 Å². The third kappa shape index (κ3) is 2.97. The summed E-state index contributed by atoms with van der Waals surface area (Å²) < 4.78 is 1.01. The van der Waals surface area contributed by atoms with Gasteiger partial charge in [0, 0.05) is 22.5 Å². The highest BCUT2D eigenvalue weighted by Crippen LogP contribution is 2.23. The van der Waals surface area contributed by atoms with E-state index in [2.05, 4.69) is 37.9 Å². The molecule has 3 N–H and O–H groups in total. The molecule has 1 atom stereocenters. The van der Waals surface area contributed by atoms with Gasteiger partial charge < -0.3 is 11.1 Å². The fraction of sp³-hybridized carbons (Fsp3) is 0.231. The van der Waals surface area contributed by atoms with Crippen LogP contribution in [0.15, 0.2) is 42.7 Å². The van der Waals surface area contributed by atoms with Crippen LogP contribution in [-0.2, 0) is 5.54 Å². The van der Waals surface area contributed by atoms with Crippen molar-refractivity contribution in [3.05, 3.63) is 51.9 Å². The summed E-state index contributed by atoms with van der Waals surface area (Å²) in [6, 6.07) is 10.1. The average Bonchev–Trinajstić information content (AvgIpc) is 2.42. The molecule has 0 radical (unpaired) electrons. The maximum Gasteiger partial charge on any atom is 0.223 e. The van der Waals surface area contributed by atoms with Crippen LogP contribution >= 0.6 is 22.6 Å². The highest BCUT2D eigenvalue weighted by Gasteiger charge is 2.25. The fourth-order valence-corrected chi connectivity index (χ4v) is 1.95. The quantitative estimate of drug-likeness (QED) is 0.828. The summed E-state index contributed by atoms with van der Waals surface area (Å²) >= 11 is 2.18. The van der Waals surface area contributed by atoms with Gasteiger partial charge in [-0.2, -0.15) is 0 Å². The number of aromatic nitrogens is 2. The van der Waals surface area contributed by atoms with Gasteiger partial charge in [-0.3, -0.25) is 0 Å². The normalized spacial score (nSPS) is 13.9. The van der Waals surface area contributed by atoms with E-state index in [9.17, 15) is 0 Å². The second-order valence-corrected chi connectivity index (χ2v) is 5.50. The van der Waals surface area contributed by atoms with Gasteiger partial charge in [0.05, 0.1) is 5.54 Å². The van der Waals surface area contributed by atoms with Crippen molar-refractivity contribution in [3.8, 4) is 0 Å². The molecule has 1 unspecified atom stereocenters. The zero-order chi connectivity index (χ0) is 13.0. The van der Waals surface area contributed by atoms with Crippen molar-refractivity contribution in [3.63, 3.8) is 0 Å². The first-order valence-electron chi connectivity index (χ1n) is 5.65. The van der Waals surface area contributed by atoms with Gasteiger partial charge in [-0.1, -0.05) is 30.3 Å². The summed E-state index contributed by atoms with van der Waals surface area (Å²) in [5, 5.41) is 3.30. The minimum absolute atomic E-state index is 0.367. The number of nitrogens with two attached hydrogens (primary N) is 1. The lowest BCUT2D eigenvalue weighted by atomic mass is 9.92. The molecule has 1 heterocycles. The second-order valence-electron chi connectivity index (χ2n) is 4.25. The van der Waals surface area contributed by atoms with Crippen LogP contribution in [0.3, 0.4) is 0 Å². The Morgan fingerprint density at radius 1 is 1.22 bits per heavy atom. The largest absolute Gasteiger partial charge is 0.344 e. The Bertz CT molecular complexity index is 500. The van der Waals surface area contributed by atoms with E-state index in [1.165, 1.54) is 0 Å². The van der Waals surface area contributed by atoms with E-state index in [0.717, 1.165) is 9.13 Å². The van der Waals surface area contributed by atoms with E-state index in [1.54, 1.807) is 12.4 Å². The van der Waals surface area contributed by atoms with Gasteiger partial charge in [0.2, 0.25) is 5.95 Å². The van der Waals surface area contributed by atoms with Crippen LogP contribution in [0.5, 0.6) is 0 Å². The number of hydrogen-bond acceptors (Lipinski definition) is 4. The molecule has 5 heteroatoms. The monoisotopic (exact) mass is 354 g/mol. The lowest BCUT2D eigenvalue weighted by molar-refractivity contribution is 0.550. The molecule has 0 saturated carbocycles. The van der Waals surface area contributed by atoms with Gasteiger partial charge in [0.15, 0.2) is 0 Å². The summed E-state index contributed by atoms with van der Waals surface area (Å²) in [5.41, 5.74) is 6.65. The summed E-state index contributed by atoms with van der Waals surface area (Å²) in [4.78, 5) is 8.50. The minimum atomic E-state index is -0.367. The maximum atomic E-state index is 5.90. The molecule has 0 aliphatic rings. The number of nitrogens with one attached hydrogen (secondary N) is 1. The van der Waals surface area contributed by atoms with Gasteiger partial charge in [0.1, 0.15) is 0 Å². The molecule has 0 fully saturated rings. The van der Waals surface area contributed by atoms with Gasteiger partial charge in [-0.15, -0.1) is 0 Å². The van der Waals surface area contributed by atoms with Crippen LogP contribution in [-0.4, -0.2) is 16.5 Å². The minimum Gasteiger partial charge on any atom is -0.344 e. The Labute approximate surface area is 120 Å². The molecular weight excluding hydrogens is 339 g/mol. The van der Waals surface area contributed by atoms with Gasteiger partial charge >= 0.3 is 0 Å². The molecular formula is C13H15IN4. The molecule has 0 aliphatic heterocycles.